The van der Waals surface area contributed by atoms with Gasteiger partial charge in [0.05, 0.1) is 6.54 Å². The topological polar surface area (TPSA) is 32.7 Å². The highest BCUT2D eigenvalue weighted by Gasteiger charge is 2.33. The summed E-state index contributed by atoms with van der Waals surface area (Å²) in [5.41, 5.74) is 0.787. The minimum absolute atomic E-state index is 0.142. The second-order valence-corrected chi connectivity index (χ2v) is 8.14. The smallest absolute Gasteiger partial charge is 0.253 e. The fourth-order valence-electron chi connectivity index (χ4n) is 2.71. The summed E-state index contributed by atoms with van der Waals surface area (Å²) in [4.78, 5) is 18.9. The van der Waals surface area contributed by atoms with Gasteiger partial charge >= 0.3 is 0 Å². The first-order chi connectivity index (χ1) is 10.8. The number of hydrogen-bond acceptors (Lipinski definition) is 4. The predicted molar refractivity (Wildman–Crippen MR) is 96.0 cm³/mol. The van der Waals surface area contributed by atoms with E-state index in [0.29, 0.717) is 5.25 Å². The van der Waals surface area contributed by atoms with Crippen molar-refractivity contribution in [2.75, 3.05) is 25.4 Å². The third kappa shape index (κ3) is 2.75. The van der Waals surface area contributed by atoms with E-state index in [1.165, 1.54) is 9.76 Å². The Kier molecular flexibility index (Phi) is 3.84. The van der Waals surface area contributed by atoms with Crippen molar-refractivity contribution in [1.82, 2.24) is 4.90 Å². The maximum Gasteiger partial charge on any atom is 0.253 e. The molecule has 0 bridgehead atoms. The summed E-state index contributed by atoms with van der Waals surface area (Å²) in [7, 11) is 0. The summed E-state index contributed by atoms with van der Waals surface area (Å²) in [6.45, 7) is 2.60. The van der Waals surface area contributed by atoms with Crippen molar-refractivity contribution in [1.29, 1.82) is 0 Å². The number of likely N-dealkylation sites (tertiary alicyclic amines) is 1. The van der Waals surface area contributed by atoms with Gasteiger partial charge in [-0.2, -0.15) is 0 Å². The molecule has 0 unspecified atom stereocenters. The molecule has 1 saturated heterocycles. The van der Waals surface area contributed by atoms with E-state index in [1.807, 2.05) is 58.8 Å². The molecule has 112 valence electrons. The summed E-state index contributed by atoms with van der Waals surface area (Å²) >= 11 is 3.67. The van der Waals surface area contributed by atoms with Crippen LogP contribution in [0.4, 0.5) is 0 Å². The van der Waals surface area contributed by atoms with E-state index in [-0.39, 0.29) is 5.91 Å². The Labute approximate surface area is 138 Å². The van der Waals surface area contributed by atoms with Gasteiger partial charge in [0.1, 0.15) is 4.38 Å². The van der Waals surface area contributed by atoms with Crippen LogP contribution in [0.1, 0.15) is 10.4 Å². The summed E-state index contributed by atoms with van der Waals surface area (Å²) in [5.74, 6) is 1.25. The lowest BCUT2D eigenvalue weighted by Crippen LogP contribution is -2.52. The average molecular weight is 328 g/mol. The molecule has 2 heterocycles. The number of aliphatic imine (C=N–C) groups is 1. The zero-order chi connectivity index (χ0) is 14.9. The van der Waals surface area contributed by atoms with Crippen LogP contribution in [-0.4, -0.2) is 45.8 Å². The molecule has 2 aromatic rings. The molecular weight excluding hydrogens is 312 g/mol. The van der Waals surface area contributed by atoms with E-state index in [9.17, 15) is 4.79 Å². The predicted octanol–water partition coefficient (Wildman–Crippen LogP) is 3.50. The first-order valence-electron chi connectivity index (χ1n) is 7.41. The van der Waals surface area contributed by atoms with Gasteiger partial charge in [-0.15, -0.1) is 0 Å². The van der Waals surface area contributed by atoms with Crippen molar-refractivity contribution in [3.05, 3.63) is 48.0 Å². The molecule has 0 aromatic heterocycles. The first kappa shape index (κ1) is 14.2. The molecule has 5 heteroatoms. The second-order valence-electron chi connectivity index (χ2n) is 5.51. The minimum atomic E-state index is 0.142. The molecule has 2 aliphatic heterocycles. The molecule has 0 atom stereocenters. The lowest BCUT2D eigenvalue weighted by atomic mass is 10.0. The van der Waals surface area contributed by atoms with Gasteiger partial charge in [-0.1, -0.05) is 53.9 Å². The third-order valence-electron chi connectivity index (χ3n) is 3.96. The number of carbonyl (C=O) groups excluding carboxylic acids is 1. The van der Waals surface area contributed by atoms with Crippen molar-refractivity contribution >= 4 is 44.6 Å². The SMILES string of the molecule is O=C(c1ccc2ccccc2c1)N1CC(SC2=NCCS2)C1. The van der Waals surface area contributed by atoms with E-state index < -0.39 is 0 Å². The molecular formula is C17H16N2OS2. The number of thioether (sulfide) groups is 2. The molecule has 2 aromatic carbocycles. The van der Waals surface area contributed by atoms with Crippen molar-refractivity contribution in [2.24, 2.45) is 4.99 Å². The number of benzene rings is 2. The fraction of sp³-hybridized carbons (Fsp3) is 0.294. The third-order valence-corrected chi connectivity index (χ3v) is 6.32. The van der Waals surface area contributed by atoms with E-state index in [0.717, 1.165) is 36.3 Å². The van der Waals surface area contributed by atoms with Crippen molar-refractivity contribution in [2.45, 2.75) is 5.25 Å². The zero-order valence-electron chi connectivity index (χ0n) is 12.1. The van der Waals surface area contributed by atoms with Crippen LogP contribution in [0.2, 0.25) is 0 Å². The Morgan fingerprint density at radius 2 is 2.00 bits per heavy atom. The standard InChI is InChI=1S/C17H16N2OS2/c20-16(14-6-5-12-3-1-2-4-13(12)9-14)19-10-15(11-19)22-17-18-7-8-21-17/h1-6,9,15H,7-8,10-11H2. The van der Waals surface area contributed by atoms with E-state index >= 15 is 0 Å². The van der Waals surface area contributed by atoms with Gasteiger partial charge in [-0.25, -0.2) is 0 Å². The van der Waals surface area contributed by atoms with Crippen LogP contribution in [-0.2, 0) is 0 Å². The van der Waals surface area contributed by atoms with Crippen molar-refractivity contribution < 1.29 is 4.79 Å². The quantitative estimate of drug-likeness (QED) is 0.846. The number of fused-ring (bicyclic) bond motifs is 1. The lowest BCUT2D eigenvalue weighted by molar-refractivity contribution is 0.0665. The largest absolute Gasteiger partial charge is 0.336 e. The fourth-order valence-corrected chi connectivity index (χ4v) is 5.14. The normalized spacial score (nSPS) is 18.4. The number of nitrogens with zero attached hydrogens (tertiary/aromatic N) is 2. The molecule has 1 amide bonds. The molecule has 1 fully saturated rings. The molecule has 2 aliphatic rings. The maximum atomic E-state index is 12.5. The van der Waals surface area contributed by atoms with Gasteiger partial charge in [0.2, 0.25) is 0 Å². The summed E-state index contributed by atoms with van der Waals surface area (Å²) < 4.78 is 1.20. The Bertz CT molecular complexity index is 753. The Hall–Kier alpha value is -1.46. The Morgan fingerprint density at radius 1 is 1.18 bits per heavy atom. The van der Waals surface area contributed by atoms with Crippen LogP contribution in [0, 0.1) is 0 Å². The Balaban J connectivity index is 1.41. The van der Waals surface area contributed by atoms with Gasteiger partial charge in [0.15, 0.2) is 0 Å². The summed E-state index contributed by atoms with van der Waals surface area (Å²) in [5, 5.41) is 2.80. The molecule has 0 spiro atoms. The van der Waals surface area contributed by atoms with Gasteiger partial charge in [0.25, 0.3) is 5.91 Å². The van der Waals surface area contributed by atoms with Crippen LogP contribution in [0.5, 0.6) is 0 Å². The average Bonchev–Trinajstić information content (AvgIpc) is 3.02. The molecule has 4 rings (SSSR count). The second kappa shape index (κ2) is 5.97. The molecule has 3 nitrogen and oxygen atoms in total. The molecule has 0 saturated carbocycles. The molecule has 22 heavy (non-hydrogen) atoms. The zero-order valence-corrected chi connectivity index (χ0v) is 13.7. The molecule has 0 N–H and O–H groups in total. The van der Waals surface area contributed by atoms with E-state index in [2.05, 4.69) is 17.1 Å². The first-order valence-corrected chi connectivity index (χ1v) is 9.28. The molecule has 0 aliphatic carbocycles. The van der Waals surface area contributed by atoms with Crippen LogP contribution in [0.3, 0.4) is 0 Å². The van der Waals surface area contributed by atoms with Crippen LogP contribution in [0.25, 0.3) is 10.8 Å². The van der Waals surface area contributed by atoms with Crippen molar-refractivity contribution in [3.8, 4) is 0 Å². The van der Waals surface area contributed by atoms with Gasteiger partial charge < -0.3 is 4.90 Å². The van der Waals surface area contributed by atoms with Crippen molar-refractivity contribution in [3.63, 3.8) is 0 Å². The van der Waals surface area contributed by atoms with E-state index in [4.69, 9.17) is 0 Å². The lowest BCUT2D eigenvalue weighted by Gasteiger charge is -2.38. The molecule has 0 radical (unpaired) electrons. The van der Waals surface area contributed by atoms with Gasteiger partial charge in [0, 0.05) is 29.7 Å². The summed E-state index contributed by atoms with van der Waals surface area (Å²) in [6, 6.07) is 14.1. The highest BCUT2D eigenvalue weighted by Crippen LogP contribution is 2.31. The number of carbonyl (C=O) groups is 1. The summed E-state index contributed by atoms with van der Waals surface area (Å²) in [6.07, 6.45) is 0. The number of hydrogen-bond donors (Lipinski definition) is 0. The van der Waals surface area contributed by atoms with Crippen LogP contribution < -0.4 is 0 Å². The minimum Gasteiger partial charge on any atom is -0.336 e. The van der Waals surface area contributed by atoms with Gasteiger partial charge in [-0.05, 0) is 22.9 Å². The number of amides is 1. The monoisotopic (exact) mass is 328 g/mol. The Morgan fingerprint density at radius 3 is 2.77 bits per heavy atom. The van der Waals surface area contributed by atoms with Crippen LogP contribution in [0.15, 0.2) is 47.5 Å². The van der Waals surface area contributed by atoms with Gasteiger partial charge in [-0.3, -0.25) is 9.79 Å². The number of rotatable bonds is 2. The highest BCUT2D eigenvalue weighted by atomic mass is 32.2. The van der Waals surface area contributed by atoms with Crippen LogP contribution >= 0.6 is 23.5 Å². The maximum absolute atomic E-state index is 12.5. The highest BCUT2D eigenvalue weighted by molar-refractivity contribution is 8.39. The van der Waals surface area contributed by atoms with E-state index in [1.54, 1.807) is 0 Å².